The summed E-state index contributed by atoms with van der Waals surface area (Å²) in [5, 5.41) is 15.7. The molecule has 0 radical (unpaired) electrons. The molecule has 1 N–H and O–H groups in total. The average molecular weight is 374 g/mol. The molecule has 7 heteroatoms. The van der Waals surface area contributed by atoms with E-state index in [1.165, 1.54) is 43.0 Å². The Bertz CT molecular complexity index is 752. The molecule has 1 aliphatic rings. The SMILES string of the molecule is Cc1ccc(-n2nnnc2S[C@@H](C)C(=O)NC2CCCCCC2)c(C)c1. The second-order valence-corrected chi connectivity index (χ2v) is 8.43. The Hall–Kier alpha value is -1.89. The minimum Gasteiger partial charge on any atom is -0.352 e. The molecule has 1 heterocycles. The van der Waals surface area contributed by atoms with Crippen molar-refractivity contribution in [3.05, 3.63) is 29.3 Å². The number of nitrogens with one attached hydrogen (secondary N) is 1. The number of rotatable bonds is 5. The fourth-order valence-electron chi connectivity index (χ4n) is 3.40. The highest BCUT2D eigenvalue weighted by molar-refractivity contribution is 8.00. The van der Waals surface area contributed by atoms with Crippen molar-refractivity contribution in [2.75, 3.05) is 0 Å². The maximum absolute atomic E-state index is 12.6. The maximum Gasteiger partial charge on any atom is 0.233 e. The summed E-state index contributed by atoms with van der Waals surface area (Å²) < 4.78 is 1.72. The van der Waals surface area contributed by atoms with Crippen LogP contribution in [0.3, 0.4) is 0 Å². The van der Waals surface area contributed by atoms with E-state index in [1.54, 1.807) is 4.68 Å². The number of thioether (sulfide) groups is 1. The Morgan fingerprint density at radius 2 is 1.96 bits per heavy atom. The molecule has 1 saturated carbocycles. The largest absolute Gasteiger partial charge is 0.352 e. The second-order valence-electron chi connectivity index (χ2n) is 7.12. The van der Waals surface area contributed by atoms with Gasteiger partial charge in [-0.15, -0.1) is 5.10 Å². The zero-order valence-electron chi connectivity index (χ0n) is 15.7. The molecule has 0 unspecified atom stereocenters. The Morgan fingerprint density at radius 3 is 2.65 bits per heavy atom. The Labute approximate surface area is 159 Å². The van der Waals surface area contributed by atoms with Crippen LogP contribution < -0.4 is 5.32 Å². The minimum absolute atomic E-state index is 0.0667. The zero-order chi connectivity index (χ0) is 18.5. The van der Waals surface area contributed by atoms with Crippen molar-refractivity contribution < 1.29 is 4.79 Å². The van der Waals surface area contributed by atoms with Crippen LogP contribution in [0.1, 0.15) is 56.6 Å². The molecule has 1 aromatic heterocycles. The summed E-state index contributed by atoms with van der Waals surface area (Å²) in [6.07, 6.45) is 7.14. The Morgan fingerprint density at radius 1 is 1.23 bits per heavy atom. The molecule has 1 aliphatic carbocycles. The van der Waals surface area contributed by atoms with Crippen molar-refractivity contribution in [3.8, 4) is 5.69 Å². The first kappa shape index (κ1) is 18.9. The molecule has 0 saturated heterocycles. The van der Waals surface area contributed by atoms with Crippen LogP contribution in [-0.4, -0.2) is 37.4 Å². The summed E-state index contributed by atoms with van der Waals surface area (Å²) >= 11 is 1.40. The number of aryl methyl sites for hydroxylation is 2. The van der Waals surface area contributed by atoms with Crippen molar-refractivity contribution >= 4 is 17.7 Å². The van der Waals surface area contributed by atoms with Crippen LogP contribution in [0.4, 0.5) is 0 Å². The van der Waals surface area contributed by atoms with Gasteiger partial charge in [-0.25, -0.2) is 0 Å². The maximum atomic E-state index is 12.6. The first-order valence-corrected chi connectivity index (χ1v) is 10.3. The van der Waals surface area contributed by atoms with Crippen LogP contribution >= 0.6 is 11.8 Å². The first-order chi connectivity index (χ1) is 12.5. The number of amides is 1. The van der Waals surface area contributed by atoms with Crippen molar-refractivity contribution in [2.24, 2.45) is 0 Å². The number of carbonyl (C=O) groups excluding carboxylic acids is 1. The van der Waals surface area contributed by atoms with Gasteiger partial charge in [0.2, 0.25) is 11.1 Å². The van der Waals surface area contributed by atoms with E-state index in [0.29, 0.717) is 11.2 Å². The summed E-state index contributed by atoms with van der Waals surface area (Å²) in [6.45, 7) is 6.02. The lowest BCUT2D eigenvalue weighted by atomic mass is 10.1. The van der Waals surface area contributed by atoms with Crippen molar-refractivity contribution in [2.45, 2.75) is 75.7 Å². The molecule has 3 rings (SSSR count). The standard InChI is InChI=1S/C19H27N5OS/c1-13-10-11-17(14(2)12-13)24-19(21-22-23-24)26-15(3)18(25)20-16-8-6-4-5-7-9-16/h10-12,15-16H,4-9H2,1-3H3,(H,20,25)/t15-/m0/s1. The smallest absolute Gasteiger partial charge is 0.233 e. The van der Waals surface area contributed by atoms with Gasteiger partial charge >= 0.3 is 0 Å². The van der Waals surface area contributed by atoms with Crippen LogP contribution in [0.15, 0.2) is 23.4 Å². The lowest BCUT2D eigenvalue weighted by Crippen LogP contribution is -2.39. The zero-order valence-corrected chi connectivity index (χ0v) is 16.6. The molecule has 26 heavy (non-hydrogen) atoms. The fraction of sp³-hybridized carbons (Fsp3) is 0.579. The number of hydrogen-bond acceptors (Lipinski definition) is 5. The van der Waals surface area contributed by atoms with Gasteiger partial charge in [0.25, 0.3) is 0 Å². The highest BCUT2D eigenvalue weighted by atomic mass is 32.2. The molecular formula is C19H27N5OS. The number of hydrogen-bond donors (Lipinski definition) is 1. The topological polar surface area (TPSA) is 72.7 Å². The van der Waals surface area contributed by atoms with E-state index in [0.717, 1.165) is 24.1 Å². The monoisotopic (exact) mass is 373 g/mol. The molecule has 1 atom stereocenters. The summed E-state index contributed by atoms with van der Waals surface area (Å²) in [5.41, 5.74) is 3.25. The van der Waals surface area contributed by atoms with E-state index in [-0.39, 0.29) is 11.2 Å². The predicted octanol–water partition coefficient (Wildman–Crippen LogP) is 3.60. The number of tetrazole rings is 1. The van der Waals surface area contributed by atoms with E-state index in [2.05, 4.69) is 33.8 Å². The summed E-state index contributed by atoms with van der Waals surface area (Å²) in [6, 6.07) is 6.47. The Balaban J connectivity index is 1.67. The van der Waals surface area contributed by atoms with Gasteiger partial charge in [-0.2, -0.15) is 4.68 Å². The van der Waals surface area contributed by atoms with Crippen LogP contribution in [0.2, 0.25) is 0 Å². The number of carbonyl (C=O) groups is 1. The van der Waals surface area contributed by atoms with Gasteiger partial charge in [-0.3, -0.25) is 4.79 Å². The third kappa shape index (κ3) is 4.63. The minimum atomic E-state index is -0.242. The average Bonchev–Trinajstić information content (AvgIpc) is 2.89. The third-order valence-corrected chi connectivity index (χ3v) is 5.91. The molecule has 1 amide bonds. The molecule has 1 aromatic carbocycles. The van der Waals surface area contributed by atoms with Gasteiger partial charge in [0.05, 0.1) is 10.9 Å². The van der Waals surface area contributed by atoms with Crippen LogP contribution in [0.25, 0.3) is 5.69 Å². The van der Waals surface area contributed by atoms with Gasteiger partial charge in [-0.1, -0.05) is 55.1 Å². The quantitative estimate of drug-likeness (QED) is 0.640. The molecule has 6 nitrogen and oxygen atoms in total. The summed E-state index contributed by atoms with van der Waals surface area (Å²) in [4.78, 5) is 12.6. The van der Waals surface area contributed by atoms with Crippen molar-refractivity contribution in [1.82, 2.24) is 25.5 Å². The van der Waals surface area contributed by atoms with Crippen molar-refractivity contribution in [3.63, 3.8) is 0 Å². The highest BCUT2D eigenvalue weighted by Crippen LogP contribution is 2.25. The van der Waals surface area contributed by atoms with Gasteiger partial charge in [0, 0.05) is 6.04 Å². The molecule has 0 bridgehead atoms. The van der Waals surface area contributed by atoms with Crippen LogP contribution in [-0.2, 0) is 4.79 Å². The number of aromatic nitrogens is 4. The van der Waals surface area contributed by atoms with Crippen LogP contribution in [0.5, 0.6) is 0 Å². The van der Waals surface area contributed by atoms with Gasteiger partial charge in [0.1, 0.15) is 0 Å². The molecule has 0 aliphatic heterocycles. The lowest BCUT2D eigenvalue weighted by molar-refractivity contribution is -0.121. The van der Waals surface area contributed by atoms with E-state index < -0.39 is 0 Å². The number of benzene rings is 1. The van der Waals surface area contributed by atoms with E-state index in [4.69, 9.17) is 0 Å². The highest BCUT2D eigenvalue weighted by Gasteiger charge is 2.22. The molecule has 2 aromatic rings. The second kappa shape index (κ2) is 8.66. The summed E-state index contributed by atoms with van der Waals surface area (Å²) in [7, 11) is 0. The lowest BCUT2D eigenvalue weighted by Gasteiger charge is -2.19. The number of nitrogens with zero attached hydrogens (tertiary/aromatic N) is 4. The van der Waals surface area contributed by atoms with Gasteiger partial charge in [0.15, 0.2) is 0 Å². The van der Waals surface area contributed by atoms with Gasteiger partial charge in [-0.05, 0) is 55.7 Å². The first-order valence-electron chi connectivity index (χ1n) is 9.37. The normalized spacial score (nSPS) is 16.9. The van der Waals surface area contributed by atoms with E-state index in [9.17, 15) is 4.79 Å². The predicted molar refractivity (Wildman–Crippen MR) is 104 cm³/mol. The van der Waals surface area contributed by atoms with E-state index in [1.807, 2.05) is 26.0 Å². The van der Waals surface area contributed by atoms with Crippen molar-refractivity contribution in [1.29, 1.82) is 0 Å². The van der Waals surface area contributed by atoms with Crippen LogP contribution in [0, 0.1) is 13.8 Å². The summed E-state index contributed by atoms with van der Waals surface area (Å²) in [5.74, 6) is 0.0667. The van der Waals surface area contributed by atoms with E-state index >= 15 is 0 Å². The molecule has 0 spiro atoms. The third-order valence-electron chi connectivity index (χ3n) is 4.87. The van der Waals surface area contributed by atoms with Gasteiger partial charge < -0.3 is 5.32 Å². The molecular weight excluding hydrogens is 346 g/mol. The molecule has 140 valence electrons. The Kier molecular flexibility index (Phi) is 6.29. The fourth-order valence-corrected chi connectivity index (χ4v) is 4.21. The molecule has 1 fully saturated rings.